The third kappa shape index (κ3) is 1.54. The topological polar surface area (TPSA) is 87.4 Å². The van der Waals surface area contributed by atoms with Gasteiger partial charge in [-0.3, -0.25) is 4.79 Å². The lowest BCUT2D eigenvalue weighted by Crippen LogP contribution is -2.14. The van der Waals surface area contributed by atoms with Crippen LogP contribution in [0.5, 0.6) is 5.88 Å². The average Bonchev–Trinajstić information content (AvgIpc) is 3.10. The van der Waals surface area contributed by atoms with E-state index in [1.165, 1.54) is 17.5 Å². The fourth-order valence-electron chi connectivity index (χ4n) is 2.32. The molecule has 7 nitrogen and oxygen atoms in total. The van der Waals surface area contributed by atoms with Gasteiger partial charge < -0.3 is 10.5 Å². The lowest BCUT2D eigenvalue weighted by atomic mass is 10.3. The van der Waals surface area contributed by atoms with Crippen LogP contribution in [0.2, 0.25) is 0 Å². The molecule has 4 heterocycles. The van der Waals surface area contributed by atoms with Crippen molar-refractivity contribution in [1.29, 1.82) is 0 Å². The molecule has 0 saturated carbocycles. The zero-order valence-electron chi connectivity index (χ0n) is 10.4. The molecule has 4 rings (SSSR count). The molecule has 0 aromatic carbocycles. The van der Waals surface area contributed by atoms with Gasteiger partial charge in [0.25, 0.3) is 5.91 Å². The predicted molar refractivity (Wildman–Crippen MR) is 72.9 cm³/mol. The summed E-state index contributed by atoms with van der Waals surface area (Å²) in [6.45, 7) is 1.57. The van der Waals surface area contributed by atoms with Crippen LogP contribution in [0.15, 0.2) is 18.6 Å². The van der Waals surface area contributed by atoms with Gasteiger partial charge in [0.05, 0.1) is 35.0 Å². The molecule has 20 heavy (non-hydrogen) atoms. The monoisotopic (exact) mass is 289 g/mol. The number of nitrogens with two attached hydrogens (primary N) is 1. The molecule has 0 atom stereocenters. The minimum Gasteiger partial charge on any atom is -0.477 e. The number of rotatable bonds is 2. The zero-order valence-corrected chi connectivity index (χ0v) is 11.3. The van der Waals surface area contributed by atoms with E-state index in [1.54, 1.807) is 10.7 Å². The molecule has 1 aliphatic rings. The van der Waals surface area contributed by atoms with Crippen molar-refractivity contribution in [3.63, 3.8) is 0 Å². The Balaban J connectivity index is 1.86. The number of carbonyl (C=O) groups excluding carboxylic acids is 1. The van der Waals surface area contributed by atoms with E-state index in [-0.39, 0.29) is 0 Å². The number of carbonyl (C=O) groups is 1. The molecule has 2 N–H and O–H groups in total. The van der Waals surface area contributed by atoms with E-state index in [9.17, 15) is 4.79 Å². The van der Waals surface area contributed by atoms with Gasteiger partial charge in [-0.1, -0.05) is 0 Å². The molecule has 1 aliphatic heterocycles. The quantitative estimate of drug-likeness (QED) is 0.766. The van der Waals surface area contributed by atoms with Gasteiger partial charge in [0, 0.05) is 19.2 Å². The molecule has 102 valence electrons. The molecule has 0 fully saturated rings. The van der Waals surface area contributed by atoms with Crippen molar-refractivity contribution in [3.05, 3.63) is 24.2 Å². The van der Waals surface area contributed by atoms with Crippen LogP contribution >= 0.6 is 11.3 Å². The molecule has 0 radical (unpaired) electrons. The van der Waals surface area contributed by atoms with Crippen LogP contribution in [0, 0.1) is 0 Å². The largest absolute Gasteiger partial charge is 0.477 e. The van der Waals surface area contributed by atoms with Crippen molar-refractivity contribution in [3.8, 4) is 16.3 Å². The van der Waals surface area contributed by atoms with Crippen molar-refractivity contribution < 1.29 is 9.53 Å². The van der Waals surface area contributed by atoms with E-state index in [1.807, 2.05) is 10.9 Å². The van der Waals surface area contributed by atoms with E-state index in [0.29, 0.717) is 12.2 Å². The zero-order chi connectivity index (χ0) is 13.7. The number of ether oxygens (including phenoxy) is 1. The minimum absolute atomic E-state index is 0.434. The molecule has 1 amide bonds. The summed E-state index contributed by atoms with van der Waals surface area (Å²) in [5, 5.41) is 8.46. The molecule has 0 spiro atoms. The van der Waals surface area contributed by atoms with Crippen molar-refractivity contribution in [2.24, 2.45) is 5.73 Å². The first-order valence-corrected chi connectivity index (χ1v) is 7.01. The first-order valence-electron chi connectivity index (χ1n) is 6.20. The highest BCUT2D eigenvalue weighted by Crippen LogP contribution is 2.37. The third-order valence-corrected chi connectivity index (χ3v) is 4.42. The smallest absolute Gasteiger partial charge is 0.253 e. The molecule has 0 unspecified atom stereocenters. The molecule has 0 aliphatic carbocycles. The van der Waals surface area contributed by atoms with Gasteiger partial charge in [0.2, 0.25) is 5.88 Å². The van der Waals surface area contributed by atoms with Gasteiger partial charge in [0.15, 0.2) is 0 Å². The van der Waals surface area contributed by atoms with Gasteiger partial charge in [-0.2, -0.15) is 10.2 Å². The highest BCUT2D eigenvalue weighted by Gasteiger charge is 2.21. The Labute approximate surface area is 117 Å². The fraction of sp³-hybridized carbons (Fsp3) is 0.250. The van der Waals surface area contributed by atoms with E-state index < -0.39 is 5.91 Å². The van der Waals surface area contributed by atoms with Gasteiger partial charge in [-0.15, -0.1) is 11.3 Å². The second kappa shape index (κ2) is 4.07. The number of fused-ring (bicyclic) bond motifs is 2. The summed E-state index contributed by atoms with van der Waals surface area (Å²) in [5.41, 5.74) is 6.70. The maximum Gasteiger partial charge on any atom is 0.253 e. The number of nitrogens with zero attached hydrogens (tertiary/aromatic N) is 4. The van der Waals surface area contributed by atoms with Crippen molar-refractivity contribution in [2.75, 3.05) is 6.61 Å². The molecule has 8 heteroatoms. The standard InChI is InChI=1S/C12H11N5O2S/c13-10(18)8-5-15-17-6-9(20-12(8)17)7-4-14-16-2-1-3-19-11(7)16/h4-6H,1-3H2,(H2,13,18). The summed E-state index contributed by atoms with van der Waals surface area (Å²) in [4.78, 5) is 13.0. The summed E-state index contributed by atoms with van der Waals surface area (Å²) < 4.78 is 9.20. The van der Waals surface area contributed by atoms with E-state index >= 15 is 0 Å². The lowest BCUT2D eigenvalue weighted by molar-refractivity contribution is 0.100. The maximum absolute atomic E-state index is 11.3. The number of amides is 1. The van der Waals surface area contributed by atoms with Crippen molar-refractivity contribution >= 4 is 22.1 Å². The van der Waals surface area contributed by atoms with Gasteiger partial charge in [-0.25, -0.2) is 9.20 Å². The van der Waals surface area contributed by atoms with Crippen LogP contribution in [0.3, 0.4) is 0 Å². The van der Waals surface area contributed by atoms with Crippen LogP contribution in [-0.2, 0) is 6.54 Å². The summed E-state index contributed by atoms with van der Waals surface area (Å²) >= 11 is 1.46. The van der Waals surface area contributed by atoms with Gasteiger partial charge in [-0.05, 0) is 0 Å². The van der Waals surface area contributed by atoms with Gasteiger partial charge >= 0.3 is 0 Å². The Morgan fingerprint density at radius 1 is 1.40 bits per heavy atom. The first-order chi connectivity index (χ1) is 9.74. The van der Waals surface area contributed by atoms with E-state index in [2.05, 4.69) is 10.2 Å². The SMILES string of the molecule is NC(=O)c1cnn2cc(-c3cnn4c3OCCC4)sc12. The second-order valence-electron chi connectivity index (χ2n) is 4.56. The normalized spacial score (nSPS) is 14.2. The Morgan fingerprint density at radius 3 is 3.15 bits per heavy atom. The number of thiazole rings is 1. The van der Waals surface area contributed by atoms with Crippen LogP contribution in [0.25, 0.3) is 15.3 Å². The molecule has 0 saturated heterocycles. The average molecular weight is 289 g/mol. The molecule has 0 bridgehead atoms. The Hall–Kier alpha value is -2.35. The summed E-state index contributed by atoms with van der Waals surface area (Å²) in [7, 11) is 0. The number of hydrogen-bond donors (Lipinski definition) is 1. The van der Waals surface area contributed by atoms with Crippen LogP contribution in [0.4, 0.5) is 0 Å². The first kappa shape index (κ1) is 11.5. The number of primary amides is 1. The Kier molecular flexibility index (Phi) is 2.34. The molecular formula is C12H11N5O2S. The minimum atomic E-state index is -0.471. The van der Waals surface area contributed by atoms with Crippen molar-refractivity contribution in [1.82, 2.24) is 19.4 Å². The highest BCUT2D eigenvalue weighted by atomic mass is 32.1. The molecular weight excluding hydrogens is 278 g/mol. The fourth-order valence-corrected chi connectivity index (χ4v) is 3.39. The Morgan fingerprint density at radius 2 is 2.30 bits per heavy atom. The van der Waals surface area contributed by atoms with Crippen molar-refractivity contribution in [2.45, 2.75) is 13.0 Å². The Bertz CT molecular complexity index is 815. The van der Waals surface area contributed by atoms with E-state index in [4.69, 9.17) is 10.5 Å². The number of aromatic nitrogens is 4. The summed E-state index contributed by atoms with van der Waals surface area (Å²) in [6.07, 6.45) is 6.10. The highest BCUT2D eigenvalue weighted by molar-refractivity contribution is 7.21. The van der Waals surface area contributed by atoms with E-state index in [0.717, 1.165) is 34.1 Å². The maximum atomic E-state index is 11.3. The number of hydrogen-bond acceptors (Lipinski definition) is 5. The van der Waals surface area contributed by atoms with Crippen LogP contribution < -0.4 is 10.5 Å². The summed E-state index contributed by atoms with van der Waals surface area (Å²) in [5.74, 6) is 0.308. The predicted octanol–water partition coefficient (Wildman–Crippen LogP) is 1.14. The molecule has 3 aromatic rings. The number of aryl methyl sites for hydroxylation is 1. The summed E-state index contributed by atoms with van der Waals surface area (Å²) in [6, 6.07) is 0. The van der Waals surface area contributed by atoms with Crippen LogP contribution in [0.1, 0.15) is 16.8 Å². The van der Waals surface area contributed by atoms with Crippen LogP contribution in [-0.4, -0.2) is 31.9 Å². The second-order valence-corrected chi connectivity index (χ2v) is 5.59. The third-order valence-electron chi connectivity index (χ3n) is 3.27. The van der Waals surface area contributed by atoms with Gasteiger partial charge in [0.1, 0.15) is 4.83 Å². The molecule has 3 aromatic heterocycles. The lowest BCUT2D eigenvalue weighted by Gasteiger charge is -2.15.